The van der Waals surface area contributed by atoms with Crippen LogP contribution < -0.4 is 5.73 Å². The molecule has 1 aliphatic rings. The number of nitrogens with two attached hydrogens (primary N) is 1. The average Bonchev–Trinajstić information content (AvgIpc) is 2.81. The van der Waals surface area contributed by atoms with Gasteiger partial charge in [-0.15, -0.1) is 0 Å². The molecular formula is C14H20FNO. The maximum absolute atomic E-state index is 13.2. The van der Waals surface area contributed by atoms with E-state index < -0.39 is 6.10 Å². The Morgan fingerprint density at radius 3 is 2.59 bits per heavy atom. The summed E-state index contributed by atoms with van der Waals surface area (Å²) in [4.78, 5) is 0. The number of halogens is 1. The summed E-state index contributed by atoms with van der Waals surface area (Å²) in [5.41, 5.74) is 7.00. The van der Waals surface area contributed by atoms with Crippen molar-refractivity contribution in [3.63, 3.8) is 0 Å². The van der Waals surface area contributed by atoms with Crippen LogP contribution in [0.4, 0.5) is 4.39 Å². The van der Waals surface area contributed by atoms with Gasteiger partial charge in [-0.3, -0.25) is 0 Å². The molecule has 2 nitrogen and oxygen atoms in total. The van der Waals surface area contributed by atoms with Crippen LogP contribution in [0.2, 0.25) is 0 Å². The molecule has 1 unspecified atom stereocenters. The van der Waals surface area contributed by atoms with E-state index in [0.29, 0.717) is 12.1 Å². The van der Waals surface area contributed by atoms with Crippen LogP contribution in [-0.2, 0) is 0 Å². The summed E-state index contributed by atoms with van der Waals surface area (Å²) < 4.78 is 13.2. The molecule has 0 amide bonds. The zero-order chi connectivity index (χ0) is 12.5. The summed E-state index contributed by atoms with van der Waals surface area (Å²) in [6.07, 6.45) is 3.58. The van der Waals surface area contributed by atoms with E-state index in [1.54, 1.807) is 19.1 Å². The lowest BCUT2D eigenvalue weighted by atomic mass is 9.77. The third kappa shape index (κ3) is 2.22. The van der Waals surface area contributed by atoms with Crippen LogP contribution in [0.5, 0.6) is 0 Å². The summed E-state index contributed by atoms with van der Waals surface area (Å²) in [5.74, 6) is -0.228. The van der Waals surface area contributed by atoms with Gasteiger partial charge in [-0.25, -0.2) is 4.39 Å². The zero-order valence-electron chi connectivity index (χ0n) is 10.2. The van der Waals surface area contributed by atoms with E-state index in [-0.39, 0.29) is 11.2 Å². The summed E-state index contributed by atoms with van der Waals surface area (Å²) in [6.45, 7) is 2.21. The minimum atomic E-state index is -0.575. The second-order valence-electron chi connectivity index (χ2n) is 5.18. The van der Waals surface area contributed by atoms with Gasteiger partial charge in [0.05, 0.1) is 6.10 Å². The number of hydrogen-bond donors (Lipinski definition) is 2. The van der Waals surface area contributed by atoms with Crippen molar-refractivity contribution in [3.05, 3.63) is 35.1 Å². The van der Waals surface area contributed by atoms with Gasteiger partial charge < -0.3 is 10.8 Å². The molecule has 94 valence electrons. The molecule has 1 aliphatic carbocycles. The van der Waals surface area contributed by atoms with Crippen LogP contribution in [0.3, 0.4) is 0 Å². The molecule has 0 aliphatic heterocycles. The standard InChI is InChI=1S/C14H20FNO/c1-10-8-11(4-5-12(10)15)13(17)14(9-16)6-2-3-7-14/h4-5,8,13,17H,2-3,6-7,9,16H2,1H3. The van der Waals surface area contributed by atoms with Crippen molar-refractivity contribution < 1.29 is 9.50 Å². The summed E-state index contributed by atoms with van der Waals surface area (Å²) in [6, 6.07) is 4.82. The van der Waals surface area contributed by atoms with Gasteiger partial charge in [0.15, 0.2) is 0 Å². The molecular weight excluding hydrogens is 217 g/mol. The number of aliphatic hydroxyl groups is 1. The van der Waals surface area contributed by atoms with Gasteiger partial charge in [-0.2, -0.15) is 0 Å². The highest BCUT2D eigenvalue weighted by Crippen LogP contribution is 2.46. The van der Waals surface area contributed by atoms with Crippen molar-refractivity contribution in [2.45, 2.75) is 38.7 Å². The highest BCUT2D eigenvalue weighted by Gasteiger charge is 2.40. The summed E-state index contributed by atoms with van der Waals surface area (Å²) in [7, 11) is 0. The first-order chi connectivity index (χ1) is 8.09. The van der Waals surface area contributed by atoms with E-state index in [2.05, 4.69) is 0 Å². The van der Waals surface area contributed by atoms with E-state index in [1.165, 1.54) is 6.07 Å². The Kier molecular flexibility index (Phi) is 3.50. The number of rotatable bonds is 3. The van der Waals surface area contributed by atoms with Crippen molar-refractivity contribution in [1.29, 1.82) is 0 Å². The van der Waals surface area contributed by atoms with E-state index in [1.807, 2.05) is 0 Å². The first-order valence-electron chi connectivity index (χ1n) is 6.23. The van der Waals surface area contributed by atoms with E-state index in [4.69, 9.17) is 5.73 Å². The smallest absolute Gasteiger partial charge is 0.126 e. The Bertz CT molecular complexity index is 399. The minimum Gasteiger partial charge on any atom is -0.388 e. The summed E-state index contributed by atoms with van der Waals surface area (Å²) in [5, 5.41) is 10.5. The number of aliphatic hydroxyl groups excluding tert-OH is 1. The Hall–Kier alpha value is -0.930. The van der Waals surface area contributed by atoms with Crippen LogP contribution in [-0.4, -0.2) is 11.7 Å². The topological polar surface area (TPSA) is 46.2 Å². The van der Waals surface area contributed by atoms with E-state index in [9.17, 15) is 9.50 Å². The average molecular weight is 237 g/mol. The van der Waals surface area contributed by atoms with Gasteiger partial charge in [0.25, 0.3) is 0 Å². The third-order valence-corrected chi connectivity index (χ3v) is 4.08. The normalized spacial score (nSPS) is 20.5. The lowest BCUT2D eigenvalue weighted by molar-refractivity contribution is 0.0332. The predicted octanol–water partition coefficient (Wildman–Crippen LogP) is 2.69. The summed E-state index contributed by atoms with van der Waals surface area (Å²) >= 11 is 0. The van der Waals surface area contributed by atoms with Gasteiger partial charge in [0.1, 0.15) is 5.82 Å². The molecule has 3 N–H and O–H groups in total. The maximum Gasteiger partial charge on any atom is 0.126 e. The molecule has 0 saturated heterocycles. The molecule has 17 heavy (non-hydrogen) atoms. The zero-order valence-corrected chi connectivity index (χ0v) is 10.2. The molecule has 2 rings (SSSR count). The first-order valence-corrected chi connectivity index (χ1v) is 6.23. The Morgan fingerprint density at radius 1 is 1.41 bits per heavy atom. The Morgan fingerprint density at radius 2 is 2.06 bits per heavy atom. The molecule has 1 aromatic rings. The number of aryl methyl sites for hydroxylation is 1. The Labute approximate surface area is 102 Å². The van der Waals surface area contributed by atoms with Crippen molar-refractivity contribution in [3.8, 4) is 0 Å². The van der Waals surface area contributed by atoms with Crippen LogP contribution >= 0.6 is 0 Å². The largest absolute Gasteiger partial charge is 0.388 e. The first kappa shape index (κ1) is 12.5. The van der Waals surface area contributed by atoms with Crippen molar-refractivity contribution in [2.24, 2.45) is 11.1 Å². The monoisotopic (exact) mass is 237 g/mol. The molecule has 3 heteroatoms. The van der Waals surface area contributed by atoms with E-state index in [0.717, 1.165) is 31.2 Å². The van der Waals surface area contributed by atoms with Gasteiger partial charge >= 0.3 is 0 Å². The second kappa shape index (κ2) is 4.75. The number of hydrogen-bond acceptors (Lipinski definition) is 2. The molecule has 1 aromatic carbocycles. The lowest BCUT2D eigenvalue weighted by Crippen LogP contribution is -2.34. The van der Waals surface area contributed by atoms with Crippen LogP contribution in [0.1, 0.15) is 42.9 Å². The van der Waals surface area contributed by atoms with Gasteiger partial charge in [-0.1, -0.05) is 25.0 Å². The fourth-order valence-corrected chi connectivity index (χ4v) is 2.86. The predicted molar refractivity (Wildman–Crippen MR) is 66.1 cm³/mol. The molecule has 0 aromatic heterocycles. The SMILES string of the molecule is Cc1cc(C(O)C2(CN)CCCC2)ccc1F. The lowest BCUT2D eigenvalue weighted by Gasteiger charge is -2.33. The molecule has 0 heterocycles. The fourth-order valence-electron chi connectivity index (χ4n) is 2.86. The molecule has 1 saturated carbocycles. The third-order valence-electron chi connectivity index (χ3n) is 4.08. The quantitative estimate of drug-likeness (QED) is 0.849. The van der Waals surface area contributed by atoms with Crippen molar-refractivity contribution in [1.82, 2.24) is 0 Å². The number of benzene rings is 1. The van der Waals surface area contributed by atoms with Gasteiger partial charge in [0.2, 0.25) is 0 Å². The molecule has 0 radical (unpaired) electrons. The second-order valence-corrected chi connectivity index (χ2v) is 5.18. The van der Waals surface area contributed by atoms with Gasteiger partial charge in [-0.05, 0) is 37.0 Å². The van der Waals surface area contributed by atoms with Crippen LogP contribution in [0, 0.1) is 18.2 Å². The molecule has 0 spiro atoms. The highest BCUT2D eigenvalue weighted by molar-refractivity contribution is 5.27. The van der Waals surface area contributed by atoms with E-state index >= 15 is 0 Å². The fraction of sp³-hybridized carbons (Fsp3) is 0.571. The van der Waals surface area contributed by atoms with Crippen molar-refractivity contribution in [2.75, 3.05) is 6.54 Å². The molecule has 1 atom stereocenters. The molecule has 0 bridgehead atoms. The molecule has 1 fully saturated rings. The van der Waals surface area contributed by atoms with Crippen LogP contribution in [0.25, 0.3) is 0 Å². The van der Waals surface area contributed by atoms with Crippen LogP contribution in [0.15, 0.2) is 18.2 Å². The van der Waals surface area contributed by atoms with Gasteiger partial charge in [0, 0.05) is 12.0 Å². The highest BCUT2D eigenvalue weighted by atomic mass is 19.1. The maximum atomic E-state index is 13.2. The Balaban J connectivity index is 2.29. The minimum absolute atomic E-state index is 0.204. The van der Waals surface area contributed by atoms with Crippen molar-refractivity contribution >= 4 is 0 Å².